The highest BCUT2D eigenvalue weighted by Crippen LogP contribution is 2.31. The van der Waals surface area contributed by atoms with Crippen LogP contribution >= 0.6 is 11.6 Å². The van der Waals surface area contributed by atoms with Gasteiger partial charge in [-0.1, -0.05) is 18.5 Å². The third-order valence-electron chi connectivity index (χ3n) is 2.86. The summed E-state index contributed by atoms with van der Waals surface area (Å²) in [6, 6.07) is 2.44. The molecule has 5 heteroatoms. The molecule has 0 saturated heterocycles. The highest BCUT2D eigenvalue weighted by atomic mass is 35.5. The van der Waals surface area contributed by atoms with Crippen molar-refractivity contribution in [1.82, 2.24) is 9.97 Å². The smallest absolute Gasteiger partial charge is 0.134 e. The summed E-state index contributed by atoms with van der Waals surface area (Å²) in [5.74, 6) is 1.73. The maximum Gasteiger partial charge on any atom is 0.134 e. The molecule has 2 rings (SSSR count). The number of halogens is 1. The molecule has 0 bridgehead atoms. The Bertz CT molecular complexity index is 382. The Hall–Kier alpha value is -0.870. The summed E-state index contributed by atoms with van der Waals surface area (Å²) in [6.07, 6.45) is 3.26. The summed E-state index contributed by atoms with van der Waals surface area (Å²) < 4.78 is 5.14. The van der Waals surface area contributed by atoms with Crippen LogP contribution < -0.4 is 4.90 Å². The van der Waals surface area contributed by atoms with Crippen LogP contribution in [0.4, 0.5) is 5.82 Å². The lowest BCUT2D eigenvalue weighted by Gasteiger charge is -2.23. The first kappa shape index (κ1) is 12.6. The molecule has 1 aromatic rings. The van der Waals surface area contributed by atoms with Crippen LogP contribution in [0.25, 0.3) is 0 Å². The van der Waals surface area contributed by atoms with E-state index in [4.69, 9.17) is 16.3 Å². The van der Waals surface area contributed by atoms with E-state index in [1.54, 1.807) is 7.11 Å². The van der Waals surface area contributed by atoms with Crippen molar-refractivity contribution in [2.75, 3.05) is 25.2 Å². The van der Waals surface area contributed by atoms with Gasteiger partial charge in [0.05, 0.1) is 6.61 Å². The lowest BCUT2D eigenvalue weighted by molar-refractivity contribution is 0.204. The zero-order valence-corrected chi connectivity index (χ0v) is 11.1. The quantitative estimate of drug-likeness (QED) is 0.732. The van der Waals surface area contributed by atoms with E-state index in [0.29, 0.717) is 17.8 Å². The molecular weight excluding hydrogens is 238 g/mol. The van der Waals surface area contributed by atoms with E-state index in [-0.39, 0.29) is 0 Å². The first-order chi connectivity index (χ1) is 8.24. The van der Waals surface area contributed by atoms with Crippen molar-refractivity contribution in [1.29, 1.82) is 0 Å². The Morgan fingerprint density at radius 3 is 2.82 bits per heavy atom. The maximum atomic E-state index is 6.02. The van der Waals surface area contributed by atoms with Gasteiger partial charge in [0.2, 0.25) is 0 Å². The predicted molar refractivity (Wildman–Crippen MR) is 68.7 cm³/mol. The van der Waals surface area contributed by atoms with E-state index in [1.165, 1.54) is 12.8 Å². The summed E-state index contributed by atoms with van der Waals surface area (Å²) in [6.45, 7) is 3.60. The Morgan fingerprint density at radius 2 is 2.24 bits per heavy atom. The number of hydrogen-bond acceptors (Lipinski definition) is 4. The average Bonchev–Trinajstić information content (AvgIpc) is 3.13. The van der Waals surface area contributed by atoms with Crippen molar-refractivity contribution in [3.63, 3.8) is 0 Å². The first-order valence-electron chi connectivity index (χ1n) is 6.03. The predicted octanol–water partition coefficient (Wildman–Crippen LogP) is 2.31. The molecule has 0 atom stereocenters. The van der Waals surface area contributed by atoms with Crippen LogP contribution in [-0.2, 0) is 11.2 Å². The zero-order chi connectivity index (χ0) is 12.3. The topological polar surface area (TPSA) is 38.2 Å². The molecule has 0 radical (unpaired) electrons. The van der Waals surface area contributed by atoms with Crippen LogP contribution in [0.15, 0.2) is 6.07 Å². The standard InChI is InChI=1S/C12H18ClN3O/c1-3-11-14-10(13)8-12(15-11)16(6-7-17-2)9-4-5-9/h8-9H,3-7H2,1-2H3. The van der Waals surface area contributed by atoms with Crippen molar-refractivity contribution in [2.45, 2.75) is 32.2 Å². The van der Waals surface area contributed by atoms with Crippen LogP contribution in [0.1, 0.15) is 25.6 Å². The number of rotatable bonds is 6. The average molecular weight is 256 g/mol. The summed E-state index contributed by atoms with van der Waals surface area (Å²) in [5, 5.41) is 0.523. The molecule has 94 valence electrons. The number of nitrogens with zero attached hydrogens (tertiary/aromatic N) is 3. The summed E-state index contributed by atoms with van der Waals surface area (Å²) >= 11 is 6.02. The van der Waals surface area contributed by atoms with Crippen LogP contribution in [0.5, 0.6) is 0 Å². The van der Waals surface area contributed by atoms with Gasteiger partial charge >= 0.3 is 0 Å². The summed E-state index contributed by atoms with van der Waals surface area (Å²) in [7, 11) is 1.72. The maximum absolute atomic E-state index is 6.02. The van der Waals surface area contributed by atoms with Gasteiger partial charge < -0.3 is 9.64 Å². The Morgan fingerprint density at radius 1 is 1.47 bits per heavy atom. The van der Waals surface area contributed by atoms with Crippen molar-refractivity contribution >= 4 is 17.4 Å². The number of methoxy groups -OCH3 is 1. The second kappa shape index (κ2) is 5.65. The van der Waals surface area contributed by atoms with Crippen molar-refractivity contribution in [3.05, 3.63) is 17.0 Å². The van der Waals surface area contributed by atoms with Gasteiger partial charge in [-0.15, -0.1) is 0 Å². The molecule has 0 spiro atoms. The molecule has 0 N–H and O–H groups in total. The Labute approximate surface area is 107 Å². The number of aromatic nitrogens is 2. The fourth-order valence-corrected chi connectivity index (χ4v) is 2.01. The monoisotopic (exact) mass is 255 g/mol. The molecule has 0 aromatic carbocycles. The van der Waals surface area contributed by atoms with Crippen LogP contribution in [0, 0.1) is 0 Å². The van der Waals surface area contributed by atoms with E-state index in [9.17, 15) is 0 Å². The van der Waals surface area contributed by atoms with E-state index in [1.807, 2.05) is 13.0 Å². The molecule has 1 aromatic heterocycles. The van der Waals surface area contributed by atoms with Crippen LogP contribution in [0.3, 0.4) is 0 Å². The second-order valence-electron chi connectivity index (χ2n) is 4.24. The molecule has 1 saturated carbocycles. The highest BCUT2D eigenvalue weighted by Gasteiger charge is 2.30. The first-order valence-corrected chi connectivity index (χ1v) is 6.41. The molecule has 1 aliphatic rings. The third kappa shape index (κ3) is 3.30. The molecule has 0 amide bonds. The van der Waals surface area contributed by atoms with Crippen LogP contribution in [0.2, 0.25) is 5.15 Å². The molecule has 0 aliphatic heterocycles. The largest absolute Gasteiger partial charge is 0.383 e. The molecule has 17 heavy (non-hydrogen) atoms. The molecule has 0 unspecified atom stereocenters. The molecular formula is C12H18ClN3O. The fraction of sp³-hybridized carbons (Fsp3) is 0.667. The molecule has 1 fully saturated rings. The second-order valence-corrected chi connectivity index (χ2v) is 4.62. The highest BCUT2D eigenvalue weighted by molar-refractivity contribution is 6.29. The van der Waals surface area contributed by atoms with Gasteiger partial charge in [0, 0.05) is 32.2 Å². The number of aryl methyl sites for hydroxylation is 1. The summed E-state index contributed by atoms with van der Waals surface area (Å²) in [5.41, 5.74) is 0. The number of ether oxygens (including phenoxy) is 1. The van der Waals surface area contributed by atoms with E-state index in [2.05, 4.69) is 14.9 Å². The Kier molecular flexibility index (Phi) is 4.18. The van der Waals surface area contributed by atoms with E-state index >= 15 is 0 Å². The van der Waals surface area contributed by atoms with Gasteiger partial charge in [-0.2, -0.15) is 0 Å². The van der Waals surface area contributed by atoms with Gasteiger partial charge in [0.25, 0.3) is 0 Å². The lowest BCUT2D eigenvalue weighted by atomic mass is 10.4. The van der Waals surface area contributed by atoms with Gasteiger partial charge in [-0.25, -0.2) is 9.97 Å². The lowest BCUT2D eigenvalue weighted by Crippen LogP contribution is -2.30. The van der Waals surface area contributed by atoms with Crippen molar-refractivity contribution in [3.8, 4) is 0 Å². The minimum absolute atomic E-state index is 0.523. The third-order valence-corrected chi connectivity index (χ3v) is 3.06. The fourth-order valence-electron chi connectivity index (χ4n) is 1.82. The van der Waals surface area contributed by atoms with Crippen LogP contribution in [-0.4, -0.2) is 36.3 Å². The number of anilines is 1. The normalized spacial score (nSPS) is 15.0. The minimum Gasteiger partial charge on any atom is -0.383 e. The number of hydrogen-bond donors (Lipinski definition) is 0. The van der Waals surface area contributed by atoms with Gasteiger partial charge in [-0.05, 0) is 12.8 Å². The van der Waals surface area contributed by atoms with Gasteiger partial charge in [-0.3, -0.25) is 0 Å². The minimum atomic E-state index is 0.523. The van der Waals surface area contributed by atoms with Crippen molar-refractivity contribution in [2.24, 2.45) is 0 Å². The molecule has 1 heterocycles. The SMILES string of the molecule is CCc1nc(Cl)cc(N(CCOC)C2CC2)n1. The molecule has 4 nitrogen and oxygen atoms in total. The zero-order valence-electron chi connectivity index (χ0n) is 10.3. The van der Waals surface area contributed by atoms with Gasteiger partial charge in [0.1, 0.15) is 16.8 Å². The molecule has 1 aliphatic carbocycles. The van der Waals surface area contributed by atoms with E-state index in [0.717, 1.165) is 24.6 Å². The Balaban J connectivity index is 2.18. The van der Waals surface area contributed by atoms with Gasteiger partial charge in [0.15, 0.2) is 0 Å². The summed E-state index contributed by atoms with van der Waals surface area (Å²) in [4.78, 5) is 11.0. The van der Waals surface area contributed by atoms with Crippen molar-refractivity contribution < 1.29 is 4.74 Å². The van der Waals surface area contributed by atoms with E-state index < -0.39 is 0 Å².